The number of hydrogen-bond acceptors (Lipinski definition) is 2. The summed E-state index contributed by atoms with van der Waals surface area (Å²) in [6.45, 7) is 0. The van der Waals surface area contributed by atoms with Crippen molar-refractivity contribution in [1.29, 1.82) is 0 Å². The van der Waals surface area contributed by atoms with Gasteiger partial charge in [0, 0.05) is 19.0 Å². The molecule has 1 saturated carbocycles. The first kappa shape index (κ1) is 13.0. The van der Waals surface area contributed by atoms with Crippen LogP contribution >= 0.6 is 0 Å². The summed E-state index contributed by atoms with van der Waals surface area (Å²) in [5, 5.41) is 0. The number of benzene rings is 1. The van der Waals surface area contributed by atoms with Crippen LogP contribution in [0.3, 0.4) is 0 Å². The van der Waals surface area contributed by atoms with Crippen molar-refractivity contribution >= 4 is 11.6 Å². The fraction of sp³-hybridized carbons (Fsp3) is 0.500. The van der Waals surface area contributed by atoms with Gasteiger partial charge in [-0.15, -0.1) is 0 Å². The fourth-order valence-corrected chi connectivity index (χ4v) is 2.57. The Morgan fingerprint density at radius 3 is 2.78 bits per heavy atom. The molecule has 0 bridgehead atoms. The number of anilines is 1. The molecule has 1 aliphatic carbocycles. The molecule has 4 heteroatoms. The molecule has 0 aromatic heterocycles. The van der Waals surface area contributed by atoms with Crippen LogP contribution in [0.5, 0.6) is 0 Å². The molecule has 0 saturated heterocycles. The minimum Gasteiger partial charge on any atom is -0.328 e. The van der Waals surface area contributed by atoms with Crippen LogP contribution in [0.15, 0.2) is 24.3 Å². The minimum absolute atomic E-state index is 0.0322. The van der Waals surface area contributed by atoms with Crippen LogP contribution in [0.1, 0.15) is 25.7 Å². The third-order valence-corrected chi connectivity index (χ3v) is 3.61. The van der Waals surface area contributed by atoms with Crippen LogP contribution in [-0.4, -0.2) is 19.0 Å². The maximum atomic E-state index is 13.6. The van der Waals surface area contributed by atoms with E-state index in [1.165, 1.54) is 11.0 Å². The highest BCUT2D eigenvalue weighted by Gasteiger charge is 2.28. The molecule has 0 aliphatic heterocycles. The Labute approximate surface area is 107 Å². The first-order chi connectivity index (χ1) is 8.59. The highest BCUT2D eigenvalue weighted by atomic mass is 19.1. The van der Waals surface area contributed by atoms with Gasteiger partial charge < -0.3 is 10.6 Å². The van der Waals surface area contributed by atoms with Gasteiger partial charge in [0.05, 0.1) is 5.69 Å². The highest BCUT2D eigenvalue weighted by Crippen LogP contribution is 2.27. The molecule has 2 N–H and O–H groups in total. The van der Waals surface area contributed by atoms with Crippen LogP contribution in [0.4, 0.5) is 10.1 Å². The maximum absolute atomic E-state index is 13.6. The molecule has 1 aromatic rings. The Hall–Kier alpha value is -1.42. The van der Waals surface area contributed by atoms with E-state index in [0.29, 0.717) is 12.1 Å². The summed E-state index contributed by atoms with van der Waals surface area (Å²) in [5.41, 5.74) is 6.22. The second-order valence-corrected chi connectivity index (χ2v) is 4.97. The van der Waals surface area contributed by atoms with Crippen molar-refractivity contribution < 1.29 is 9.18 Å². The third-order valence-electron chi connectivity index (χ3n) is 3.61. The molecule has 2 rings (SSSR count). The normalized spacial score (nSPS) is 23.7. The van der Waals surface area contributed by atoms with Crippen LogP contribution in [0.25, 0.3) is 0 Å². The largest absolute Gasteiger partial charge is 0.328 e. The van der Waals surface area contributed by atoms with Crippen LogP contribution in [0.2, 0.25) is 0 Å². The monoisotopic (exact) mass is 250 g/mol. The van der Waals surface area contributed by atoms with Crippen LogP contribution < -0.4 is 10.6 Å². The summed E-state index contributed by atoms with van der Waals surface area (Å²) in [6, 6.07) is 6.44. The van der Waals surface area contributed by atoms with E-state index in [9.17, 15) is 9.18 Å². The molecule has 1 aromatic carbocycles. The number of carbonyl (C=O) groups is 1. The molecule has 0 radical (unpaired) electrons. The van der Waals surface area contributed by atoms with E-state index in [2.05, 4.69) is 0 Å². The van der Waals surface area contributed by atoms with E-state index in [0.717, 1.165) is 19.3 Å². The smallest absolute Gasteiger partial charge is 0.229 e. The molecule has 2 atom stereocenters. The zero-order valence-electron chi connectivity index (χ0n) is 10.6. The van der Waals surface area contributed by atoms with E-state index >= 15 is 0 Å². The molecule has 1 aliphatic rings. The van der Waals surface area contributed by atoms with Gasteiger partial charge in [0.25, 0.3) is 0 Å². The summed E-state index contributed by atoms with van der Waals surface area (Å²) >= 11 is 0. The van der Waals surface area contributed by atoms with E-state index in [1.807, 2.05) is 0 Å². The summed E-state index contributed by atoms with van der Waals surface area (Å²) in [5.74, 6) is -0.470. The lowest BCUT2D eigenvalue weighted by Gasteiger charge is -2.29. The second kappa shape index (κ2) is 5.48. The number of nitrogens with zero attached hydrogens (tertiary/aromatic N) is 1. The topological polar surface area (TPSA) is 46.3 Å². The highest BCUT2D eigenvalue weighted by molar-refractivity contribution is 5.94. The quantitative estimate of drug-likeness (QED) is 0.875. The third kappa shape index (κ3) is 2.70. The molecule has 1 amide bonds. The van der Waals surface area contributed by atoms with Crippen molar-refractivity contribution in [2.75, 3.05) is 11.9 Å². The standard InChI is InChI=1S/C14H19FN2O/c1-17(13-8-3-2-7-12(13)15)14(18)10-5-4-6-11(16)9-10/h2-3,7-8,10-11H,4-6,9,16H2,1H3. The zero-order valence-corrected chi connectivity index (χ0v) is 10.6. The number of hydrogen-bond donors (Lipinski definition) is 1. The van der Waals surface area contributed by atoms with E-state index < -0.39 is 0 Å². The first-order valence-corrected chi connectivity index (χ1v) is 6.37. The average molecular weight is 250 g/mol. The number of carbonyl (C=O) groups excluding carboxylic acids is 1. The molecular formula is C14H19FN2O. The summed E-state index contributed by atoms with van der Waals surface area (Å²) in [6.07, 6.45) is 3.51. The van der Waals surface area contributed by atoms with Crippen molar-refractivity contribution in [2.24, 2.45) is 11.7 Å². The summed E-state index contributed by atoms with van der Waals surface area (Å²) in [7, 11) is 1.63. The lowest BCUT2D eigenvalue weighted by Crippen LogP contribution is -2.39. The number of para-hydroxylation sites is 1. The molecular weight excluding hydrogens is 231 g/mol. The number of halogens is 1. The number of amides is 1. The Kier molecular flexibility index (Phi) is 3.97. The molecule has 0 heterocycles. The lowest BCUT2D eigenvalue weighted by molar-refractivity contribution is -0.123. The average Bonchev–Trinajstić information content (AvgIpc) is 2.37. The molecule has 18 heavy (non-hydrogen) atoms. The van der Waals surface area contributed by atoms with Crippen molar-refractivity contribution in [3.63, 3.8) is 0 Å². The summed E-state index contributed by atoms with van der Waals surface area (Å²) in [4.78, 5) is 13.7. The van der Waals surface area contributed by atoms with Gasteiger partial charge in [0.1, 0.15) is 5.82 Å². The Morgan fingerprint density at radius 1 is 1.39 bits per heavy atom. The van der Waals surface area contributed by atoms with Crippen LogP contribution in [-0.2, 0) is 4.79 Å². The predicted octanol–water partition coefficient (Wildman–Crippen LogP) is 2.31. The molecule has 98 valence electrons. The van der Waals surface area contributed by atoms with E-state index in [1.54, 1.807) is 25.2 Å². The van der Waals surface area contributed by atoms with Crippen molar-refractivity contribution in [2.45, 2.75) is 31.7 Å². The Balaban J connectivity index is 2.11. The van der Waals surface area contributed by atoms with Gasteiger partial charge in [-0.25, -0.2) is 4.39 Å². The fourth-order valence-electron chi connectivity index (χ4n) is 2.57. The second-order valence-electron chi connectivity index (χ2n) is 4.97. The SMILES string of the molecule is CN(C(=O)C1CCCC(N)C1)c1ccccc1F. The van der Waals surface area contributed by atoms with Gasteiger partial charge in [-0.1, -0.05) is 18.6 Å². The minimum atomic E-state index is -0.367. The van der Waals surface area contributed by atoms with Gasteiger partial charge in [-0.05, 0) is 31.4 Å². The molecule has 3 nitrogen and oxygen atoms in total. The Bertz CT molecular complexity index is 436. The van der Waals surface area contributed by atoms with Crippen molar-refractivity contribution in [3.8, 4) is 0 Å². The van der Waals surface area contributed by atoms with Gasteiger partial charge >= 0.3 is 0 Å². The Morgan fingerprint density at radius 2 is 2.11 bits per heavy atom. The van der Waals surface area contributed by atoms with Gasteiger partial charge in [-0.3, -0.25) is 4.79 Å². The van der Waals surface area contributed by atoms with Gasteiger partial charge in [0.15, 0.2) is 0 Å². The molecule has 1 fully saturated rings. The van der Waals surface area contributed by atoms with Crippen LogP contribution in [0, 0.1) is 11.7 Å². The number of rotatable bonds is 2. The zero-order chi connectivity index (χ0) is 13.1. The molecule has 2 unspecified atom stereocenters. The van der Waals surface area contributed by atoms with Gasteiger partial charge in [-0.2, -0.15) is 0 Å². The summed E-state index contributed by atoms with van der Waals surface area (Å²) < 4.78 is 13.6. The van der Waals surface area contributed by atoms with E-state index in [-0.39, 0.29) is 23.7 Å². The van der Waals surface area contributed by atoms with Crippen molar-refractivity contribution in [1.82, 2.24) is 0 Å². The molecule has 0 spiro atoms. The van der Waals surface area contributed by atoms with Crippen molar-refractivity contribution in [3.05, 3.63) is 30.1 Å². The first-order valence-electron chi connectivity index (χ1n) is 6.37. The lowest BCUT2D eigenvalue weighted by atomic mass is 9.85. The maximum Gasteiger partial charge on any atom is 0.229 e. The van der Waals surface area contributed by atoms with Gasteiger partial charge in [0.2, 0.25) is 5.91 Å². The number of nitrogens with two attached hydrogens (primary N) is 1. The van der Waals surface area contributed by atoms with E-state index in [4.69, 9.17) is 5.73 Å². The predicted molar refractivity (Wildman–Crippen MR) is 69.7 cm³/mol.